The van der Waals surface area contributed by atoms with Gasteiger partial charge in [0.05, 0.1) is 0 Å². The van der Waals surface area contributed by atoms with E-state index in [9.17, 15) is 4.57 Å². The molecule has 1 aromatic rings. The Hall–Kier alpha value is -0.830. The average molecular weight is 269 g/mol. The molecule has 0 aliphatic carbocycles. The van der Waals surface area contributed by atoms with Crippen LogP contribution in [0.2, 0.25) is 0 Å². The first-order valence-electron chi connectivity index (χ1n) is 6.55. The van der Waals surface area contributed by atoms with Gasteiger partial charge in [-0.05, 0) is 31.9 Å². The van der Waals surface area contributed by atoms with Crippen molar-refractivity contribution >= 4 is 13.3 Å². The van der Waals surface area contributed by atoms with Crippen LogP contribution in [0.25, 0.3) is 0 Å². The summed E-state index contributed by atoms with van der Waals surface area (Å²) in [6.45, 7) is 7.61. The molecule has 0 heterocycles. The predicted octanol–water partition coefficient (Wildman–Crippen LogP) is 3.51. The van der Waals surface area contributed by atoms with Gasteiger partial charge in [0, 0.05) is 18.8 Å². The Balaban J connectivity index is 2.70. The maximum atomic E-state index is 12.7. The minimum atomic E-state index is -2.74. The lowest BCUT2D eigenvalue weighted by molar-refractivity contribution is 0.555. The third-order valence-corrected chi connectivity index (χ3v) is 4.42. The first-order valence-corrected chi connectivity index (χ1v) is 8.25. The molecule has 0 saturated carbocycles. The van der Waals surface area contributed by atoms with Crippen molar-refractivity contribution in [1.82, 2.24) is 10.2 Å². The van der Waals surface area contributed by atoms with Crippen LogP contribution in [-0.2, 0) is 4.57 Å². The molecule has 0 saturated heterocycles. The molecule has 0 atom stereocenters. The molecule has 4 nitrogen and oxygen atoms in total. The molecule has 0 spiro atoms. The smallest absolute Gasteiger partial charge is 0.303 e. The summed E-state index contributed by atoms with van der Waals surface area (Å²) in [7, 11) is -2.74. The Morgan fingerprint density at radius 1 is 1.00 bits per heavy atom. The van der Waals surface area contributed by atoms with E-state index in [1.165, 1.54) is 5.56 Å². The van der Waals surface area contributed by atoms with Crippen LogP contribution in [0.15, 0.2) is 24.3 Å². The van der Waals surface area contributed by atoms with Crippen molar-refractivity contribution in [3.63, 3.8) is 0 Å². The van der Waals surface area contributed by atoms with Crippen molar-refractivity contribution in [2.24, 2.45) is 0 Å². The van der Waals surface area contributed by atoms with E-state index in [4.69, 9.17) is 0 Å². The highest BCUT2D eigenvalue weighted by Crippen LogP contribution is 2.36. The van der Waals surface area contributed by atoms with Gasteiger partial charge in [-0.2, -0.15) is 0 Å². The van der Waals surface area contributed by atoms with Crippen LogP contribution >= 0.6 is 7.59 Å². The molecule has 0 aromatic heterocycles. The van der Waals surface area contributed by atoms with E-state index in [0.29, 0.717) is 0 Å². The van der Waals surface area contributed by atoms with Gasteiger partial charge in [0.1, 0.15) is 0 Å². The van der Waals surface area contributed by atoms with Gasteiger partial charge in [-0.25, -0.2) is 10.2 Å². The molecule has 1 aromatic carbocycles. The van der Waals surface area contributed by atoms with E-state index in [0.717, 1.165) is 31.6 Å². The standard InChI is InChI=1S/C13H24N3OP/c1-4-10-14-18(17,15-11-5-2)16-13-8-6-12(3)7-9-13/h6-9H,4-5,10-11H2,1-3H3,(H3,14,15,16,17). The van der Waals surface area contributed by atoms with Crippen molar-refractivity contribution in [2.75, 3.05) is 18.2 Å². The van der Waals surface area contributed by atoms with Crippen molar-refractivity contribution in [3.8, 4) is 0 Å². The van der Waals surface area contributed by atoms with Crippen LogP contribution in [0, 0.1) is 6.92 Å². The molecular weight excluding hydrogens is 245 g/mol. The van der Waals surface area contributed by atoms with Gasteiger partial charge in [0.25, 0.3) is 0 Å². The van der Waals surface area contributed by atoms with Crippen molar-refractivity contribution in [2.45, 2.75) is 33.6 Å². The average Bonchev–Trinajstić information content (AvgIpc) is 2.37. The van der Waals surface area contributed by atoms with E-state index in [2.05, 4.69) is 29.1 Å². The van der Waals surface area contributed by atoms with Crippen LogP contribution < -0.4 is 15.3 Å². The molecule has 3 N–H and O–H groups in total. The zero-order valence-electron chi connectivity index (χ0n) is 11.5. The van der Waals surface area contributed by atoms with Crippen molar-refractivity contribution in [1.29, 1.82) is 0 Å². The third kappa shape index (κ3) is 5.21. The molecular formula is C13H24N3OP. The number of hydrogen-bond acceptors (Lipinski definition) is 1. The van der Waals surface area contributed by atoms with Crippen molar-refractivity contribution < 1.29 is 4.57 Å². The first kappa shape index (κ1) is 15.2. The Kier molecular flexibility index (Phi) is 6.41. The third-order valence-electron chi connectivity index (χ3n) is 2.51. The topological polar surface area (TPSA) is 53.2 Å². The Morgan fingerprint density at radius 3 is 1.94 bits per heavy atom. The minimum Gasteiger partial charge on any atom is -0.313 e. The highest BCUT2D eigenvalue weighted by atomic mass is 31.2. The van der Waals surface area contributed by atoms with Gasteiger partial charge in [-0.3, -0.25) is 4.57 Å². The fraction of sp³-hybridized carbons (Fsp3) is 0.538. The van der Waals surface area contributed by atoms with Gasteiger partial charge in [-0.1, -0.05) is 31.5 Å². The molecule has 0 aliphatic rings. The highest BCUT2D eigenvalue weighted by Gasteiger charge is 2.19. The molecule has 5 heteroatoms. The normalized spacial score (nSPS) is 11.5. The number of nitrogens with one attached hydrogen (secondary N) is 3. The highest BCUT2D eigenvalue weighted by molar-refractivity contribution is 7.61. The fourth-order valence-corrected chi connectivity index (χ4v) is 3.34. The molecule has 1 rings (SSSR count). The van der Waals surface area contributed by atoms with Gasteiger partial charge in [-0.15, -0.1) is 0 Å². The molecule has 0 radical (unpaired) electrons. The number of hydrogen-bond donors (Lipinski definition) is 3. The summed E-state index contributed by atoms with van der Waals surface area (Å²) in [4.78, 5) is 0. The van der Waals surface area contributed by atoms with Crippen LogP contribution in [0.4, 0.5) is 5.69 Å². The maximum absolute atomic E-state index is 12.7. The molecule has 102 valence electrons. The van der Waals surface area contributed by atoms with Crippen LogP contribution in [0.1, 0.15) is 32.3 Å². The van der Waals surface area contributed by atoms with Gasteiger partial charge < -0.3 is 5.09 Å². The predicted molar refractivity (Wildman–Crippen MR) is 79.0 cm³/mol. The number of aryl methyl sites for hydroxylation is 1. The van der Waals surface area contributed by atoms with Gasteiger partial charge in [0.2, 0.25) is 0 Å². The largest absolute Gasteiger partial charge is 0.313 e. The van der Waals surface area contributed by atoms with Crippen LogP contribution in [0.5, 0.6) is 0 Å². The second-order valence-corrected chi connectivity index (χ2v) is 6.48. The van der Waals surface area contributed by atoms with Gasteiger partial charge >= 0.3 is 7.59 Å². The molecule has 0 unspecified atom stereocenters. The zero-order chi connectivity index (χ0) is 13.4. The molecule has 0 fully saturated rings. The summed E-state index contributed by atoms with van der Waals surface area (Å²) in [5, 5.41) is 9.24. The lowest BCUT2D eigenvalue weighted by Crippen LogP contribution is -2.28. The summed E-state index contributed by atoms with van der Waals surface area (Å²) >= 11 is 0. The summed E-state index contributed by atoms with van der Waals surface area (Å²) in [6, 6.07) is 7.91. The van der Waals surface area contributed by atoms with E-state index < -0.39 is 7.59 Å². The Labute approximate surface area is 110 Å². The lowest BCUT2D eigenvalue weighted by Gasteiger charge is -2.22. The summed E-state index contributed by atoms with van der Waals surface area (Å²) in [5.41, 5.74) is 2.06. The molecule has 0 aliphatic heterocycles. The summed E-state index contributed by atoms with van der Waals surface area (Å²) in [5.74, 6) is 0. The van der Waals surface area contributed by atoms with E-state index in [1.807, 2.05) is 31.2 Å². The van der Waals surface area contributed by atoms with Crippen molar-refractivity contribution in [3.05, 3.63) is 29.8 Å². The minimum absolute atomic E-state index is 0.729. The number of benzene rings is 1. The lowest BCUT2D eigenvalue weighted by atomic mass is 10.2. The second-order valence-electron chi connectivity index (χ2n) is 4.40. The zero-order valence-corrected chi connectivity index (χ0v) is 12.4. The maximum Gasteiger partial charge on any atom is 0.303 e. The Morgan fingerprint density at radius 2 is 1.50 bits per heavy atom. The summed E-state index contributed by atoms with van der Waals surface area (Å²) in [6.07, 6.45) is 1.90. The van der Waals surface area contributed by atoms with E-state index in [-0.39, 0.29) is 0 Å². The molecule has 0 bridgehead atoms. The summed E-state index contributed by atoms with van der Waals surface area (Å²) < 4.78 is 12.7. The second kappa shape index (κ2) is 7.57. The molecule has 0 amide bonds. The van der Waals surface area contributed by atoms with E-state index in [1.54, 1.807) is 0 Å². The van der Waals surface area contributed by atoms with Crippen LogP contribution in [-0.4, -0.2) is 13.1 Å². The first-order chi connectivity index (χ1) is 8.59. The molecule has 18 heavy (non-hydrogen) atoms. The number of anilines is 1. The van der Waals surface area contributed by atoms with Crippen LogP contribution in [0.3, 0.4) is 0 Å². The quantitative estimate of drug-likeness (QED) is 0.632. The van der Waals surface area contributed by atoms with E-state index >= 15 is 0 Å². The fourth-order valence-electron chi connectivity index (χ4n) is 1.48. The monoisotopic (exact) mass is 269 g/mol. The number of rotatable bonds is 8. The Bertz CT molecular complexity index is 380. The SMILES string of the molecule is CCCNP(=O)(NCCC)Nc1ccc(C)cc1. The van der Waals surface area contributed by atoms with Gasteiger partial charge in [0.15, 0.2) is 0 Å².